The van der Waals surface area contributed by atoms with E-state index in [0.717, 1.165) is 12.2 Å². The van der Waals surface area contributed by atoms with E-state index in [0.29, 0.717) is 22.1 Å². The van der Waals surface area contributed by atoms with Crippen LogP contribution >= 0.6 is 11.8 Å². The van der Waals surface area contributed by atoms with Crippen LogP contribution in [0, 0.1) is 10.1 Å². The first kappa shape index (κ1) is 20.7. The normalized spacial score (nSPS) is 14.8. The number of rotatable bonds is 5. The van der Waals surface area contributed by atoms with Gasteiger partial charge in [0.25, 0.3) is 5.69 Å². The summed E-state index contributed by atoms with van der Waals surface area (Å²) in [6.45, 7) is 3.44. The van der Waals surface area contributed by atoms with Crippen molar-refractivity contribution in [3.63, 3.8) is 0 Å². The second-order valence-electron chi connectivity index (χ2n) is 6.79. The molecule has 1 aliphatic rings. The van der Waals surface area contributed by atoms with Crippen molar-refractivity contribution in [1.29, 1.82) is 0 Å². The van der Waals surface area contributed by atoms with E-state index in [1.165, 1.54) is 29.7 Å². The molecule has 0 bridgehead atoms. The fourth-order valence-electron chi connectivity index (χ4n) is 3.37. The Morgan fingerprint density at radius 2 is 1.94 bits per heavy atom. The molecule has 4 rings (SSSR count). The van der Waals surface area contributed by atoms with E-state index in [9.17, 15) is 14.9 Å². The van der Waals surface area contributed by atoms with Gasteiger partial charge in [0, 0.05) is 24.3 Å². The first-order valence-electron chi connectivity index (χ1n) is 9.68. The molecule has 31 heavy (non-hydrogen) atoms. The van der Waals surface area contributed by atoms with Gasteiger partial charge in [-0.3, -0.25) is 19.8 Å². The summed E-state index contributed by atoms with van der Waals surface area (Å²) >= 11 is 1.44. The largest absolute Gasteiger partial charge is 0.447 e. The number of anilines is 1. The average Bonchev–Trinajstić information content (AvgIpc) is 2.91. The fourth-order valence-corrected chi connectivity index (χ4v) is 4.00. The fraction of sp³-hybridized carbons (Fsp3) is 0.238. The van der Waals surface area contributed by atoms with Gasteiger partial charge in [-0.15, -0.1) is 10.2 Å². The minimum absolute atomic E-state index is 0.151. The Bertz CT molecular complexity index is 1160. The first-order chi connectivity index (χ1) is 15.0. The molecule has 10 heteroatoms. The summed E-state index contributed by atoms with van der Waals surface area (Å²) in [7, 11) is 0. The van der Waals surface area contributed by atoms with Crippen molar-refractivity contribution in [3.05, 3.63) is 64.2 Å². The van der Waals surface area contributed by atoms with Gasteiger partial charge >= 0.3 is 0 Å². The van der Waals surface area contributed by atoms with E-state index in [1.807, 2.05) is 13.0 Å². The van der Waals surface area contributed by atoms with Gasteiger partial charge in [-0.05, 0) is 18.6 Å². The number of carbonyl (C=O) groups excluding carboxylic acids is 1. The molecule has 2 aromatic carbocycles. The molecule has 158 valence electrons. The summed E-state index contributed by atoms with van der Waals surface area (Å²) in [4.78, 5) is 29.9. The van der Waals surface area contributed by atoms with Crippen molar-refractivity contribution in [3.8, 4) is 17.1 Å². The number of nitro groups is 1. The predicted molar refractivity (Wildman–Crippen MR) is 116 cm³/mol. The van der Waals surface area contributed by atoms with Crippen LogP contribution in [-0.2, 0) is 4.79 Å². The van der Waals surface area contributed by atoms with Gasteiger partial charge in [-0.25, -0.2) is 0 Å². The highest BCUT2D eigenvalue weighted by Crippen LogP contribution is 2.44. The number of aromatic nitrogens is 3. The molecule has 1 atom stereocenters. The highest BCUT2D eigenvalue weighted by atomic mass is 32.2. The number of thioether (sulfide) groups is 1. The van der Waals surface area contributed by atoms with Gasteiger partial charge < -0.3 is 4.74 Å². The lowest BCUT2D eigenvalue weighted by Crippen LogP contribution is -2.36. The van der Waals surface area contributed by atoms with Crippen molar-refractivity contribution in [1.82, 2.24) is 15.2 Å². The van der Waals surface area contributed by atoms with Gasteiger partial charge in [-0.2, -0.15) is 4.98 Å². The molecule has 0 spiro atoms. The summed E-state index contributed by atoms with van der Waals surface area (Å²) in [5, 5.41) is 20.7. The number of hydrogen-bond donors (Lipinski definition) is 0. The minimum atomic E-state index is -1.10. The zero-order valence-corrected chi connectivity index (χ0v) is 17.7. The number of ether oxygens (including phenoxy) is 1. The van der Waals surface area contributed by atoms with Gasteiger partial charge in [0.1, 0.15) is 0 Å². The maximum absolute atomic E-state index is 12.8. The highest BCUT2D eigenvalue weighted by Gasteiger charge is 2.37. The second kappa shape index (κ2) is 8.68. The molecule has 1 aliphatic heterocycles. The quantitative estimate of drug-likeness (QED) is 0.328. The zero-order chi connectivity index (χ0) is 22.0. The molecule has 0 aliphatic carbocycles. The molecule has 0 N–H and O–H groups in total. The first-order valence-corrected chi connectivity index (χ1v) is 10.7. The summed E-state index contributed by atoms with van der Waals surface area (Å²) in [6.07, 6.45) is -0.159. The summed E-state index contributed by atoms with van der Waals surface area (Å²) in [5.41, 5.74) is 1.60. The maximum Gasteiger partial charge on any atom is 0.278 e. The summed E-state index contributed by atoms with van der Waals surface area (Å²) < 4.78 is 6.18. The van der Waals surface area contributed by atoms with Gasteiger partial charge in [0.05, 0.1) is 16.2 Å². The van der Waals surface area contributed by atoms with Crippen LogP contribution in [0.1, 0.15) is 32.1 Å². The Morgan fingerprint density at radius 3 is 2.68 bits per heavy atom. The molecule has 1 aromatic heterocycles. The van der Waals surface area contributed by atoms with Crippen molar-refractivity contribution in [2.24, 2.45) is 0 Å². The van der Waals surface area contributed by atoms with E-state index in [4.69, 9.17) is 4.74 Å². The molecule has 0 radical (unpaired) electrons. The highest BCUT2D eigenvalue weighted by molar-refractivity contribution is 7.99. The van der Waals surface area contributed by atoms with Gasteiger partial charge in [-0.1, -0.05) is 49.0 Å². The molecule has 0 fully saturated rings. The van der Waals surface area contributed by atoms with E-state index in [1.54, 1.807) is 36.4 Å². The monoisotopic (exact) mass is 437 g/mol. The zero-order valence-electron chi connectivity index (χ0n) is 16.9. The van der Waals surface area contributed by atoms with Crippen molar-refractivity contribution < 1.29 is 14.5 Å². The predicted octanol–water partition coefficient (Wildman–Crippen LogP) is 4.39. The van der Waals surface area contributed by atoms with E-state index in [2.05, 4.69) is 15.2 Å². The van der Waals surface area contributed by atoms with E-state index >= 15 is 0 Å². The minimum Gasteiger partial charge on any atom is -0.447 e. The third-order valence-corrected chi connectivity index (χ3v) is 5.73. The van der Waals surface area contributed by atoms with Crippen molar-refractivity contribution in [2.45, 2.75) is 31.7 Å². The maximum atomic E-state index is 12.8. The van der Waals surface area contributed by atoms with Crippen molar-refractivity contribution in [2.75, 3.05) is 10.7 Å². The lowest BCUT2D eigenvalue weighted by Gasteiger charge is -2.29. The summed E-state index contributed by atoms with van der Waals surface area (Å²) in [5.74, 6) is 0.648. The number of nitrogens with zero attached hydrogens (tertiary/aromatic N) is 5. The third kappa shape index (κ3) is 3.93. The second-order valence-corrected chi connectivity index (χ2v) is 7.85. The Labute approximate surface area is 182 Å². The van der Waals surface area contributed by atoms with Crippen LogP contribution in [0.25, 0.3) is 11.3 Å². The Hall–Kier alpha value is -3.53. The van der Waals surface area contributed by atoms with Crippen LogP contribution in [0.15, 0.2) is 53.7 Å². The topological polar surface area (TPSA) is 111 Å². The standard InChI is InChI=1S/C21H19N5O4S/c1-3-12-31-21-22-19-18(23-24-21)14-8-4-6-10-16(14)25(13(2)27)20(30-19)15-9-5-7-11-17(15)26(28)29/h4-11,20H,3,12H2,1-2H3. The molecular weight excluding hydrogens is 418 g/mol. The van der Waals surface area contributed by atoms with Gasteiger partial charge in [0.15, 0.2) is 5.69 Å². The number of carbonyl (C=O) groups is 1. The number of hydrogen-bond acceptors (Lipinski definition) is 8. The van der Waals surface area contributed by atoms with Crippen LogP contribution in [0.2, 0.25) is 0 Å². The number of nitro benzene ring substituents is 1. The smallest absolute Gasteiger partial charge is 0.278 e. The van der Waals surface area contributed by atoms with Crippen LogP contribution in [0.4, 0.5) is 11.4 Å². The molecule has 3 aromatic rings. The molecule has 1 unspecified atom stereocenters. The van der Waals surface area contributed by atoms with Crippen LogP contribution in [0.3, 0.4) is 0 Å². The van der Waals surface area contributed by atoms with E-state index in [-0.39, 0.29) is 23.0 Å². The van der Waals surface area contributed by atoms with Crippen LogP contribution < -0.4 is 9.64 Å². The SMILES string of the molecule is CCCSc1nnc2c(n1)OC(c1ccccc1[N+](=O)[O-])N(C(C)=O)c1ccccc1-2. The average molecular weight is 437 g/mol. The molecule has 1 amide bonds. The molecule has 9 nitrogen and oxygen atoms in total. The number of para-hydroxylation sites is 2. The molecule has 0 saturated carbocycles. The lowest BCUT2D eigenvalue weighted by molar-refractivity contribution is -0.386. The molecule has 2 heterocycles. The Kier molecular flexibility index (Phi) is 5.81. The Balaban J connectivity index is 1.95. The van der Waals surface area contributed by atoms with Crippen molar-refractivity contribution >= 4 is 29.0 Å². The number of amides is 1. The lowest BCUT2D eigenvalue weighted by atomic mass is 10.1. The number of benzene rings is 2. The number of fused-ring (bicyclic) bond motifs is 3. The molecular formula is C21H19N5O4S. The van der Waals surface area contributed by atoms with Gasteiger partial charge in [0.2, 0.25) is 23.2 Å². The molecule has 0 saturated heterocycles. The Morgan fingerprint density at radius 1 is 1.19 bits per heavy atom. The van der Waals surface area contributed by atoms with E-state index < -0.39 is 11.2 Å². The van der Waals surface area contributed by atoms with Crippen LogP contribution in [0.5, 0.6) is 5.88 Å². The third-order valence-electron chi connectivity index (χ3n) is 4.69. The van der Waals surface area contributed by atoms with Crippen LogP contribution in [-0.4, -0.2) is 31.8 Å². The summed E-state index contributed by atoms with van der Waals surface area (Å²) in [6, 6.07) is 13.3.